The molecule has 4 rings (SSSR count). The third-order valence-electron chi connectivity index (χ3n) is 4.99. The molecule has 7 nitrogen and oxygen atoms in total. The molecular weight excluding hydrogens is 364 g/mol. The van der Waals surface area contributed by atoms with Crippen molar-refractivity contribution in [2.45, 2.75) is 32.0 Å². The maximum absolute atomic E-state index is 12.8. The lowest BCUT2D eigenvalue weighted by molar-refractivity contribution is 0.0369. The van der Waals surface area contributed by atoms with E-state index in [4.69, 9.17) is 4.74 Å². The highest BCUT2D eigenvalue weighted by Gasteiger charge is 2.21. The maximum Gasteiger partial charge on any atom is 0.272 e. The van der Waals surface area contributed by atoms with Gasteiger partial charge in [0.25, 0.3) is 5.56 Å². The van der Waals surface area contributed by atoms with E-state index >= 15 is 0 Å². The number of aliphatic hydroxyl groups is 1. The molecule has 0 spiro atoms. The zero-order valence-electron chi connectivity index (χ0n) is 15.2. The molecule has 1 aliphatic rings. The predicted octanol–water partition coefficient (Wildman–Crippen LogP) is 2.33. The van der Waals surface area contributed by atoms with Gasteiger partial charge in [0.05, 0.1) is 13.4 Å². The predicted molar refractivity (Wildman–Crippen MR) is 105 cm³/mol. The number of hydrogen-bond donors (Lipinski definition) is 1. The van der Waals surface area contributed by atoms with Gasteiger partial charge in [-0.1, -0.05) is 0 Å². The van der Waals surface area contributed by atoms with E-state index in [-0.39, 0.29) is 11.8 Å². The molecule has 1 saturated heterocycles. The number of fused-ring (bicyclic) bond motifs is 1. The Hall–Kier alpha value is -2.29. The molecule has 0 aliphatic carbocycles. The number of nitrogens with zero attached hydrogens (tertiary/aromatic N) is 4. The number of ether oxygens (including phenoxy) is 1. The van der Waals surface area contributed by atoms with Crippen molar-refractivity contribution in [3.05, 3.63) is 40.9 Å². The summed E-state index contributed by atoms with van der Waals surface area (Å²) in [5, 5.41) is 9.86. The van der Waals surface area contributed by atoms with Gasteiger partial charge < -0.3 is 9.84 Å². The summed E-state index contributed by atoms with van der Waals surface area (Å²) >= 11 is 1.19. The van der Waals surface area contributed by atoms with Crippen LogP contribution in [0.3, 0.4) is 0 Å². The molecule has 1 fully saturated rings. The van der Waals surface area contributed by atoms with Crippen LogP contribution in [0.1, 0.15) is 19.3 Å². The van der Waals surface area contributed by atoms with Gasteiger partial charge in [0.2, 0.25) is 0 Å². The molecule has 2 aromatic heterocycles. The van der Waals surface area contributed by atoms with E-state index in [1.807, 2.05) is 24.3 Å². The van der Waals surface area contributed by atoms with Crippen LogP contribution < -0.4 is 10.3 Å². The average molecular weight is 386 g/mol. The van der Waals surface area contributed by atoms with Crippen LogP contribution in [-0.2, 0) is 6.54 Å². The monoisotopic (exact) mass is 386 g/mol. The molecule has 8 heteroatoms. The summed E-state index contributed by atoms with van der Waals surface area (Å²) < 4.78 is 11.9. The minimum Gasteiger partial charge on any atom is -0.497 e. The lowest BCUT2D eigenvalue weighted by Gasteiger charge is -2.19. The van der Waals surface area contributed by atoms with E-state index in [9.17, 15) is 9.90 Å². The van der Waals surface area contributed by atoms with Crippen LogP contribution in [0.15, 0.2) is 35.4 Å². The molecule has 0 amide bonds. The smallest absolute Gasteiger partial charge is 0.272 e. The Morgan fingerprint density at radius 3 is 2.81 bits per heavy atom. The summed E-state index contributed by atoms with van der Waals surface area (Å²) in [6.07, 6.45) is 3.93. The van der Waals surface area contributed by atoms with Crippen LogP contribution >= 0.6 is 11.5 Å². The highest BCUT2D eigenvalue weighted by atomic mass is 32.1. The first-order valence-electron chi connectivity index (χ1n) is 9.09. The second-order valence-corrected chi connectivity index (χ2v) is 7.47. The zero-order valence-corrected chi connectivity index (χ0v) is 16.0. The van der Waals surface area contributed by atoms with Crippen molar-refractivity contribution >= 4 is 21.7 Å². The van der Waals surface area contributed by atoms with E-state index in [1.165, 1.54) is 11.5 Å². The highest BCUT2D eigenvalue weighted by molar-refractivity contribution is 7.13. The van der Waals surface area contributed by atoms with Crippen LogP contribution in [-0.4, -0.2) is 50.4 Å². The molecule has 3 aromatic rings. The average Bonchev–Trinajstić information content (AvgIpc) is 3.30. The molecule has 1 aliphatic heterocycles. The third kappa shape index (κ3) is 3.60. The molecule has 0 bridgehead atoms. The van der Waals surface area contributed by atoms with Gasteiger partial charge in [-0.3, -0.25) is 14.3 Å². The van der Waals surface area contributed by atoms with Gasteiger partial charge in [-0.15, -0.1) is 0 Å². The fourth-order valence-corrected chi connectivity index (χ4v) is 4.27. The minimum atomic E-state index is -0.337. The van der Waals surface area contributed by atoms with Gasteiger partial charge in [-0.2, -0.15) is 4.37 Å². The van der Waals surface area contributed by atoms with Crippen molar-refractivity contribution in [2.24, 2.45) is 0 Å². The molecule has 0 radical (unpaired) electrons. The van der Waals surface area contributed by atoms with Crippen molar-refractivity contribution in [2.75, 3.05) is 20.2 Å². The summed E-state index contributed by atoms with van der Waals surface area (Å²) in [5.74, 6) is 0.775. The Morgan fingerprint density at radius 2 is 2.11 bits per heavy atom. The molecule has 27 heavy (non-hydrogen) atoms. The Morgan fingerprint density at radius 1 is 1.30 bits per heavy atom. The van der Waals surface area contributed by atoms with E-state index < -0.39 is 0 Å². The largest absolute Gasteiger partial charge is 0.497 e. The number of aromatic nitrogens is 3. The van der Waals surface area contributed by atoms with Crippen molar-refractivity contribution in [1.29, 1.82) is 0 Å². The molecule has 1 unspecified atom stereocenters. The van der Waals surface area contributed by atoms with Gasteiger partial charge in [-0.05, 0) is 55.1 Å². The Balaban J connectivity index is 1.53. The maximum atomic E-state index is 12.8. The van der Waals surface area contributed by atoms with E-state index in [1.54, 1.807) is 18.0 Å². The molecule has 142 valence electrons. The van der Waals surface area contributed by atoms with Gasteiger partial charge in [-0.25, -0.2) is 4.98 Å². The van der Waals surface area contributed by atoms with Crippen molar-refractivity contribution in [3.8, 4) is 17.0 Å². The van der Waals surface area contributed by atoms with Crippen molar-refractivity contribution < 1.29 is 9.84 Å². The van der Waals surface area contributed by atoms with Gasteiger partial charge in [0.15, 0.2) is 0 Å². The summed E-state index contributed by atoms with van der Waals surface area (Å²) in [6.45, 7) is 2.29. The normalized spacial score (nSPS) is 17.6. The second-order valence-electron chi connectivity index (χ2n) is 6.69. The molecule has 1 aromatic carbocycles. The lowest BCUT2D eigenvalue weighted by Crippen LogP contribution is -2.31. The summed E-state index contributed by atoms with van der Waals surface area (Å²) in [5.41, 5.74) is 2.22. The SMILES string of the molecule is COc1ccc(-c2nsc3c(=O)n(CCCN4CCCC4O)cnc23)cc1. The Kier molecular flexibility index (Phi) is 5.20. The van der Waals surface area contributed by atoms with E-state index in [0.29, 0.717) is 16.8 Å². The van der Waals surface area contributed by atoms with Crippen LogP contribution in [0.5, 0.6) is 5.75 Å². The summed E-state index contributed by atoms with van der Waals surface area (Å²) in [4.78, 5) is 19.3. The topological polar surface area (TPSA) is 80.5 Å². The van der Waals surface area contributed by atoms with Crippen molar-refractivity contribution in [3.63, 3.8) is 0 Å². The molecule has 1 N–H and O–H groups in total. The van der Waals surface area contributed by atoms with Gasteiger partial charge >= 0.3 is 0 Å². The Bertz CT molecular complexity index is 983. The number of rotatable bonds is 6. The number of benzene rings is 1. The number of aliphatic hydroxyl groups excluding tert-OH is 1. The summed E-state index contributed by atoms with van der Waals surface area (Å²) in [7, 11) is 1.63. The quantitative estimate of drug-likeness (QED) is 0.700. The first-order chi connectivity index (χ1) is 13.2. The number of aryl methyl sites for hydroxylation is 1. The fourth-order valence-electron chi connectivity index (χ4n) is 3.47. The minimum absolute atomic E-state index is 0.0563. The molecular formula is C19H22N4O3S. The first kappa shape index (κ1) is 18.1. The Labute approximate surface area is 161 Å². The van der Waals surface area contributed by atoms with Crippen LogP contribution in [0.2, 0.25) is 0 Å². The second kappa shape index (κ2) is 7.75. The third-order valence-corrected chi connectivity index (χ3v) is 5.81. The molecule has 0 saturated carbocycles. The van der Waals surface area contributed by atoms with Gasteiger partial charge in [0, 0.05) is 25.2 Å². The van der Waals surface area contributed by atoms with Crippen LogP contribution in [0.4, 0.5) is 0 Å². The zero-order chi connectivity index (χ0) is 18.8. The van der Waals surface area contributed by atoms with Crippen LogP contribution in [0.25, 0.3) is 21.5 Å². The summed E-state index contributed by atoms with van der Waals surface area (Å²) in [6, 6.07) is 7.58. The van der Waals surface area contributed by atoms with E-state index in [0.717, 1.165) is 49.4 Å². The number of methoxy groups -OCH3 is 1. The standard InChI is InChI=1S/C19H22N4O3S/c1-26-14-7-5-13(6-8-14)16-17-18(27-21-16)19(25)23(12-20-17)11-3-10-22-9-2-4-15(22)24/h5-8,12,15,24H,2-4,9-11H2,1H3. The molecule has 1 atom stereocenters. The first-order valence-corrected chi connectivity index (χ1v) is 9.86. The van der Waals surface area contributed by atoms with Crippen molar-refractivity contribution in [1.82, 2.24) is 18.8 Å². The lowest BCUT2D eigenvalue weighted by atomic mass is 10.1. The fraction of sp³-hybridized carbons (Fsp3) is 0.421. The van der Waals surface area contributed by atoms with E-state index in [2.05, 4.69) is 14.3 Å². The van der Waals surface area contributed by atoms with Gasteiger partial charge in [0.1, 0.15) is 27.9 Å². The highest BCUT2D eigenvalue weighted by Crippen LogP contribution is 2.28. The molecule has 3 heterocycles. The number of likely N-dealkylation sites (tertiary alicyclic amines) is 1. The number of hydrogen-bond acceptors (Lipinski definition) is 7. The van der Waals surface area contributed by atoms with Crippen LogP contribution in [0, 0.1) is 0 Å².